The summed E-state index contributed by atoms with van der Waals surface area (Å²) in [6, 6.07) is 3.07. The molecule has 1 atom stereocenters. The molecule has 0 radical (unpaired) electrons. The summed E-state index contributed by atoms with van der Waals surface area (Å²) in [5, 5.41) is 12.9. The van der Waals surface area contributed by atoms with Gasteiger partial charge in [0, 0.05) is 19.1 Å². The monoisotopic (exact) mass is 235 g/mol. The third-order valence-corrected chi connectivity index (χ3v) is 3.87. The molecule has 3 nitrogen and oxygen atoms in total. The molecule has 0 spiro atoms. The van der Waals surface area contributed by atoms with Crippen LogP contribution >= 0.6 is 0 Å². The molecule has 96 valence electrons. The number of hydrogen-bond acceptors (Lipinski definition) is 3. The summed E-state index contributed by atoms with van der Waals surface area (Å²) in [7, 11) is 0. The number of nitrogens with zero attached hydrogens (tertiary/aromatic N) is 2. The molecule has 2 fully saturated rings. The van der Waals surface area contributed by atoms with Crippen LogP contribution in [0.3, 0.4) is 0 Å². The average Bonchev–Trinajstić information content (AvgIpc) is 3.00. The molecule has 0 aromatic heterocycles. The molecule has 0 amide bonds. The molecule has 3 heteroatoms. The lowest BCUT2D eigenvalue weighted by Gasteiger charge is -2.41. The second kappa shape index (κ2) is 4.59. The van der Waals surface area contributed by atoms with Crippen LogP contribution in [-0.4, -0.2) is 36.1 Å². The van der Waals surface area contributed by atoms with Gasteiger partial charge in [-0.2, -0.15) is 5.26 Å². The fourth-order valence-electron chi connectivity index (χ4n) is 2.92. The van der Waals surface area contributed by atoms with Gasteiger partial charge in [-0.25, -0.2) is 0 Å². The summed E-state index contributed by atoms with van der Waals surface area (Å²) in [4.78, 5) is 2.46. The van der Waals surface area contributed by atoms with Crippen LogP contribution in [0, 0.1) is 16.7 Å². The Morgan fingerprint density at radius 2 is 2.18 bits per heavy atom. The van der Waals surface area contributed by atoms with Crippen molar-refractivity contribution in [2.75, 3.05) is 19.6 Å². The van der Waals surface area contributed by atoms with E-state index in [1.807, 2.05) is 6.92 Å². The SMILES string of the molecule is CC1(C)CCCN(CC(C)(C#N)NC2CC2)C1. The molecule has 1 N–H and O–H groups in total. The van der Waals surface area contributed by atoms with Crippen LogP contribution in [0.1, 0.15) is 46.5 Å². The summed E-state index contributed by atoms with van der Waals surface area (Å²) < 4.78 is 0. The summed E-state index contributed by atoms with van der Waals surface area (Å²) in [5.41, 5.74) is 0.0444. The van der Waals surface area contributed by atoms with Crippen molar-refractivity contribution in [2.24, 2.45) is 5.41 Å². The Morgan fingerprint density at radius 1 is 1.47 bits per heavy atom. The molecule has 1 heterocycles. The zero-order valence-corrected chi connectivity index (χ0v) is 11.4. The van der Waals surface area contributed by atoms with Gasteiger partial charge >= 0.3 is 0 Å². The Morgan fingerprint density at radius 3 is 2.71 bits per heavy atom. The van der Waals surface area contributed by atoms with Gasteiger partial charge in [-0.15, -0.1) is 0 Å². The lowest BCUT2D eigenvalue weighted by molar-refractivity contribution is 0.0991. The first-order valence-corrected chi connectivity index (χ1v) is 6.84. The quantitative estimate of drug-likeness (QED) is 0.811. The maximum absolute atomic E-state index is 9.38. The van der Waals surface area contributed by atoms with Crippen LogP contribution in [0.4, 0.5) is 0 Å². The van der Waals surface area contributed by atoms with Crippen molar-refractivity contribution in [2.45, 2.75) is 58.0 Å². The highest BCUT2D eigenvalue weighted by Gasteiger charge is 2.36. The molecule has 1 aliphatic carbocycles. The topological polar surface area (TPSA) is 39.1 Å². The number of likely N-dealkylation sites (tertiary alicyclic amines) is 1. The van der Waals surface area contributed by atoms with Crippen LogP contribution < -0.4 is 5.32 Å². The van der Waals surface area contributed by atoms with Crippen LogP contribution in [0.25, 0.3) is 0 Å². The molecular formula is C14H25N3. The lowest BCUT2D eigenvalue weighted by atomic mass is 9.83. The van der Waals surface area contributed by atoms with Crippen molar-refractivity contribution in [1.82, 2.24) is 10.2 Å². The first-order chi connectivity index (χ1) is 7.92. The normalized spacial score (nSPS) is 28.4. The Balaban J connectivity index is 1.91. The maximum Gasteiger partial charge on any atom is 0.116 e. The van der Waals surface area contributed by atoms with E-state index in [0.717, 1.165) is 19.6 Å². The molecule has 1 unspecified atom stereocenters. The highest BCUT2D eigenvalue weighted by Crippen LogP contribution is 2.30. The van der Waals surface area contributed by atoms with Crippen molar-refractivity contribution in [3.05, 3.63) is 0 Å². The van der Waals surface area contributed by atoms with Crippen molar-refractivity contribution in [3.63, 3.8) is 0 Å². The number of nitrogens with one attached hydrogen (secondary N) is 1. The zero-order valence-electron chi connectivity index (χ0n) is 11.4. The number of piperidine rings is 1. The summed E-state index contributed by atoms with van der Waals surface area (Å²) in [6.07, 6.45) is 5.05. The predicted octanol–water partition coefficient (Wildman–Crippen LogP) is 2.14. The molecule has 0 aromatic rings. The molecule has 1 saturated carbocycles. The Hall–Kier alpha value is -0.590. The first kappa shape index (κ1) is 12.9. The van der Waals surface area contributed by atoms with Gasteiger partial charge in [-0.1, -0.05) is 13.8 Å². The van der Waals surface area contributed by atoms with Crippen LogP contribution in [-0.2, 0) is 0 Å². The molecule has 2 aliphatic rings. The van der Waals surface area contributed by atoms with E-state index in [1.54, 1.807) is 0 Å². The van der Waals surface area contributed by atoms with Gasteiger partial charge in [-0.05, 0) is 44.6 Å². The molecular weight excluding hydrogens is 210 g/mol. The van der Waals surface area contributed by atoms with Crippen LogP contribution in [0.5, 0.6) is 0 Å². The van der Waals surface area contributed by atoms with Crippen molar-refractivity contribution < 1.29 is 0 Å². The first-order valence-electron chi connectivity index (χ1n) is 6.84. The average molecular weight is 235 g/mol. The molecule has 0 aromatic carbocycles. The van der Waals surface area contributed by atoms with Gasteiger partial charge in [0.2, 0.25) is 0 Å². The van der Waals surface area contributed by atoms with Crippen LogP contribution in [0.15, 0.2) is 0 Å². The highest BCUT2D eigenvalue weighted by molar-refractivity contribution is 5.09. The fraction of sp³-hybridized carbons (Fsp3) is 0.929. The largest absolute Gasteiger partial charge is 0.300 e. The van der Waals surface area contributed by atoms with Gasteiger partial charge in [-0.3, -0.25) is 10.2 Å². The third kappa shape index (κ3) is 3.69. The van der Waals surface area contributed by atoms with E-state index in [-0.39, 0.29) is 5.54 Å². The fourth-order valence-corrected chi connectivity index (χ4v) is 2.92. The summed E-state index contributed by atoms with van der Waals surface area (Å²) in [5.74, 6) is 0. The van der Waals surface area contributed by atoms with E-state index < -0.39 is 0 Å². The minimum Gasteiger partial charge on any atom is -0.300 e. The van der Waals surface area contributed by atoms with Crippen molar-refractivity contribution in [1.29, 1.82) is 5.26 Å². The second-order valence-electron chi connectivity index (χ2n) is 6.84. The van der Waals surface area contributed by atoms with Crippen molar-refractivity contribution in [3.8, 4) is 6.07 Å². The van der Waals surface area contributed by atoms with Gasteiger partial charge in [0.25, 0.3) is 0 Å². The van der Waals surface area contributed by atoms with E-state index in [9.17, 15) is 5.26 Å². The lowest BCUT2D eigenvalue weighted by Crippen LogP contribution is -2.54. The van der Waals surface area contributed by atoms with Gasteiger partial charge in [0.05, 0.1) is 6.07 Å². The predicted molar refractivity (Wildman–Crippen MR) is 69.6 cm³/mol. The molecule has 1 aliphatic heterocycles. The van der Waals surface area contributed by atoms with Gasteiger partial charge < -0.3 is 0 Å². The standard InChI is InChI=1S/C14H25N3/c1-13(2)7-4-8-17(10-13)11-14(3,9-15)16-12-5-6-12/h12,16H,4-8,10-11H2,1-3H3. The molecule has 17 heavy (non-hydrogen) atoms. The number of rotatable bonds is 4. The number of hydrogen-bond donors (Lipinski definition) is 1. The summed E-state index contributed by atoms with van der Waals surface area (Å²) in [6.45, 7) is 9.84. The van der Waals surface area contributed by atoms with Crippen molar-refractivity contribution >= 4 is 0 Å². The smallest absolute Gasteiger partial charge is 0.116 e. The summed E-state index contributed by atoms with van der Waals surface area (Å²) >= 11 is 0. The van der Waals surface area contributed by atoms with E-state index in [4.69, 9.17) is 0 Å². The second-order valence-corrected chi connectivity index (χ2v) is 6.84. The van der Waals surface area contributed by atoms with E-state index in [0.29, 0.717) is 11.5 Å². The number of nitriles is 1. The minimum absolute atomic E-state index is 0.366. The Bertz CT molecular complexity index is 314. The van der Waals surface area contributed by atoms with Crippen LogP contribution in [0.2, 0.25) is 0 Å². The van der Waals surface area contributed by atoms with Gasteiger partial charge in [0.1, 0.15) is 5.54 Å². The minimum atomic E-state index is -0.366. The Labute approximate surface area is 105 Å². The van der Waals surface area contributed by atoms with E-state index in [2.05, 4.69) is 30.1 Å². The highest BCUT2D eigenvalue weighted by atomic mass is 15.2. The Kier molecular flexibility index (Phi) is 3.47. The zero-order chi connectivity index (χ0) is 12.5. The molecule has 1 saturated heterocycles. The van der Waals surface area contributed by atoms with Gasteiger partial charge in [0.15, 0.2) is 0 Å². The van der Waals surface area contributed by atoms with E-state index in [1.165, 1.54) is 25.7 Å². The molecule has 0 bridgehead atoms. The van der Waals surface area contributed by atoms with E-state index >= 15 is 0 Å². The maximum atomic E-state index is 9.38. The third-order valence-electron chi connectivity index (χ3n) is 3.87. The molecule has 2 rings (SSSR count).